The van der Waals surface area contributed by atoms with Crippen LogP contribution >= 0.6 is 0 Å². The molecule has 1 atom stereocenters. The van der Waals surface area contributed by atoms with Gasteiger partial charge in [0.1, 0.15) is 5.69 Å². The van der Waals surface area contributed by atoms with E-state index in [0.29, 0.717) is 16.9 Å². The highest BCUT2D eigenvalue weighted by atomic mass is 16.5. The summed E-state index contributed by atoms with van der Waals surface area (Å²) in [7, 11) is 1.37. The molecule has 0 bridgehead atoms. The summed E-state index contributed by atoms with van der Waals surface area (Å²) >= 11 is 0. The predicted molar refractivity (Wildman–Crippen MR) is 117 cm³/mol. The lowest BCUT2D eigenvalue weighted by Crippen LogP contribution is -2.24. The molecule has 162 valence electrons. The Morgan fingerprint density at radius 2 is 2.12 bits per heavy atom. The third-order valence-electron chi connectivity index (χ3n) is 5.74. The lowest BCUT2D eigenvalue weighted by atomic mass is 9.96. The van der Waals surface area contributed by atoms with E-state index in [-0.39, 0.29) is 17.5 Å². The maximum atomic E-state index is 12.3. The molecule has 4 heterocycles. The number of methoxy groups -OCH3 is 1. The molecule has 4 aromatic rings. The Balaban J connectivity index is 1.50. The zero-order valence-corrected chi connectivity index (χ0v) is 17.2. The van der Waals surface area contributed by atoms with E-state index in [1.54, 1.807) is 23.0 Å². The van der Waals surface area contributed by atoms with Crippen molar-refractivity contribution in [3.8, 4) is 11.3 Å². The molecule has 1 aliphatic rings. The van der Waals surface area contributed by atoms with Crippen LogP contribution in [0, 0.1) is 0 Å². The summed E-state index contributed by atoms with van der Waals surface area (Å²) in [6.07, 6.45) is 5.63. The smallest absolute Gasteiger partial charge is 0.337 e. The molecule has 3 aromatic heterocycles. The standard InChI is InChI=1S/C22H20N6O4/c1-32-21(30)14-4-2-3-13(9-14)15-5-7-27(12-15)18-10-17(26-28-8-6-23-19(18)28)16-11-24-22(31)25-20(16)29/h2-4,6,8-11,15H,5,7,12H2,1H3,(H2,24,25,29,31). The minimum atomic E-state index is -0.570. The SMILES string of the molecule is COC(=O)c1cccc(C2CCN(c3cc(-c4c[nH]c(=O)[nH]c4=O)nn4ccnc34)C2)c1. The van der Waals surface area contributed by atoms with Crippen LogP contribution in [0.25, 0.3) is 16.9 Å². The summed E-state index contributed by atoms with van der Waals surface area (Å²) in [6, 6.07) is 9.32. The monoisotopic (exact) mass is 432 g/mol. The van der Waals surface area contributed by atoms with Gasteiger partial charge in [0.25, 0.3) is 5.56 Å². The van der Waals surface area contributed by atoms with Crippen molar-refractivity contribution in [3.05, 3.63) is 80.9 Å². The topological polar surface area (TPSA) is 125 Å². The van der Waals surface area contributed by atoms with E-state index in [1.165, 1.54) is 13.3 Å². The first kappa shape index (κ1) is 19.7. The zero-order chi connectivity index (χ0) is 22.2. The highest BCUT2D eigenvalue weighted by Crippen LogP contribution is 2.34. The van der Waals surface area contributed by atoms with E-state index in [1.807, 2.05) is 24.3 Å². The lowest BCUT2D eigenvalue weighted by Gasteiger charge is -2.20. The maximum absolute atomic E-state index is 12.3. The number of aromatic nitrogens is 5. The van der Waals surface area contributed by atoms with Crippen molar-refractivity contribution in [3.63, 3.8) is 0 Å². The summed E-state index contributed by atoms with van der Waals surface area (Å²) in [5, 5.41) is 4.48. The fourth-order valence-electron chi connectivity index (χ4n) is 4.15. The van der Waals surface area contributed by atoms with Gasteiger partial charge in [0, 0.05) is 37.6 Å². The third-order valence-corrected chi connectivity index (χ3v) is 5.74. The molecule has 2 N–H and O–H groups in total. The van der Waals surface area contributed by atoms with Gasteiger partial charge in [0.2, 0.25) is 0 Å². The number of ether oxygens (including phenoxy) is 1. The zero-order valence-electron chi connectivity index (χ0n) is 17.2. The largest absolute Gasteiger partial charge is 0.465 e. The highest BCUT2D eigenvalue weighted by Gasteiger charge is 2.27. The number of H-pyrrole nitrogens is 2. The van der Waals surface area contributed by atoms with E-state index in [9.17, 15) is 14.4 Å². The number of hydrogen-bond acceptors (Lipinski definition) is 7. The Bertz CT molecular complexity index is 1440. The first-order chi connectivity index (χ1) is 15.5. The quantitative estimate of drug-likeness (QED) is 0.469. The number of anilines is 1. The van der Waals surface area contributed by atoms with Crippen LogP contribution in [0.15, 0.2) is 58.5 Å². The molecule has 10 heteroatoms. The second-order valence-corrected chi connectivity index (χ2v) is 7.64. The Hall–Kier alpha value is -4.21. The van der Waals surface area contributed by atoms with E-state index in [2.05, 4.69) is 25.0 Å². The maximum Gasteiger partial charge on any atom is 0.337 e. The number of carbonyl (C=O) groups is 1. The number of nitrogens with one attached hydrogen (secondary N) is 2. The first-order valence-electron chi connectivity index (χ1n) is 10.1. The molecule has 0 aliphatic carbocycles. The second-order valence-electron chi connectivity index (χ2n) is 7.64. The Kier molecular flexibility index (Phi) is 4.81. The van der Waals surface area contributed by atoms with Gasteiger partial charge in [-0.05, 0) is 30.2 Å². The molecule has 1 aromatic carbocycles. The number of fused-ring (bicyclic) bond motifs is 1. The molecule has 1 saturated heterocycles. The molecule has 1 aliphatic heterocycles. The average molecular weight is 432 g/mol. The molecule has 0 spiro atoms. The molecule has 10 nitrogen and oxygen atoms in total. The van der Waals surface area contributed by atoms with Gasteiger partial charge >= 0.3 is 11.7 Å². The number of nitrogens with zero attached hydrogens (tertiary/aromatic N) is 4. The van der Waals surface area contributed by atoms with Crippen LogP contribution < -0.4 is 16.1 Å². The van der Waals surface area contributed by atoms with Gasteiger partial charge in [-0.25, -0.2) is 19.1 Å². The van der Waals surface area contributed by atoms with Gasteiger partial charge in [0.05, 0.1) is 23.9 Å². The number of rotatable bonds is 4. The van der Waals surface area contributed by atoms with Crippen molar-refractivity contribution >= 4 is 17.3 Å². The second kappa shape index (κ2) is 7.80. The van der Waals surface area contributed by atoms with Crippen molar-refractivity contribution in [2.24, 2.45) is 0 Å². The Labute approximate surface area is 181 Å². The highest BCUT2D eigenvalue weighted by molar-refractivity contribution is 5.89. The molecule has 5 rings (SSSR count). The Morgan fingerprint density at radius 3 is 2.94 bits per heavy atom. The van der Waals surface area contributed by atoms with E-state index in [4.69, 9.17) is 4.74 Å². The fraction of sp³-hybridized carbons (Fsp3) is 0.227. The molecule has 0 radical (unpaired) electrons. The molecule has 32 heavy (non-hydrogen) atoms. The number of esters is 1. The van der Waals surface area contributed by atoms with E-state index < -0.39 is 11.2 Å². The fourth-order valence-corrected chi connectivity index (χ4v) is 4.15. The predicted octanol–water partition coefficient (Wildman–Crippen LogP) is 1.55. The third kappa shape index (κ3) is 3.45. The van der Waals surface area contributed by atoms with Gasteiger partial charge in [-0.1, -0.05) is 12.1 Å². The van der Waals surface area contributed by atoms with Crippen LogP contribution in [0.5, 0.6) is 0 Å². The normalized spacial score (nSPS) is 15.9. The number of carbonyl (C=O) groups excluding carboxylic acids is 1. The molecular weight excluding hydrogens is 412 g/mol. The summed E-state index contributed by atoms with van der Waals surface area (Å²) < 4.78 is 6.46. The van der Waals surface area contributed by atoms with E-state index >= 15 is 0 Å². The van der Waals surface area contributed by atoms with Crippen LogP contribution in [0.4, 0.5) is 5.69 Å². The van der Waals surface area contributed by atoms with Gasteiger partial charge in [-0.15, -0.1) is 0 Å². The van der Waals surface area contributed by atoms with Crippen LogP contribution in [0.3, 0.4) is 0 Å². The summed E-state index contributed by atoms with van der Waals surface area (Å²) in [5.41, 5.74) is 2.74. The van der Waals surface area contributed by atoms with Crippen LogP contribution in [-0.4, -0.2) is 50.7 Å². The van der Waals surface area contributed by atoms with Crippen molar-refractivity contribution in [1.82, 2.24) is 24.6 Å². The average Bonchev–Trinajstić information content (AvgIpc) is 3.48. The molecule has 1 unspecified atom stereocenters. The minimum Gasteiger partial charge on any atom is -0.465 e. The Morgan fingerprint density at radius 1 is 1.25 bits per heavy atom. The molecule has 0 amide bonds. The number of benzene rings is 1. The molecule has 0 saturated carbocycles. The molecule has 1 fully saturated rings. The summed E-state index contributed by atoms with van der Waals surface area (Å²) in [6.45, 7) is 1.50. The van der Waals surface area contributed by atoms with Crippen molar-refractivity contribution in [2.45, 2.75) is 12.3 Å². The minimum absolute atomic E-state index is 0.225. The number of hydrogen-bond donors (Lipinski definition) is 2. The first-order valence-corrected chi connectivity index (χ1v) is 10.1. The van der Waals surface area contributed by atoms with Crippen LogP contribution in [-0.2, 0) is 4.74 Å². The number of imidazole rings is 1. The van der Waals surface area contributed by atoms with Crippen molar-refractivity contribution in [2.75, 3.05) is 25.1 Å². The van der Waals surface area contributed by atoms with Crippen molar-refractivity contribution in [1.29, 1.82) is 0 Å². The van der Waals surface area contributed by atoms with Gasteiger partial charge < -0.3 is 14.6 Å². The molecular formula is C22H20N6O4. The van der Waals surface area contributed by atoms with E-state index in [0.717, 1.165) is 30.8 Å². The summed E-state index contributed by atoms with van der Waals surface area (Å²) in [4.78, 5) is 47.0. The number of aromatic amines is 2. The van der Waals surface area contributed by atoms with Crippen molar-refractivity contribution < 1.29 is 9.53 Å². The van der Waals surface area contributed by atoms with Gasteiger partial charge in [0.15, 0.2) is 5.65 Å². The van der Waals surface area contributed by atoms with Gasteiger partial charge in [-0.2, -0.15) is 5.10 Å². The summed E-state index contributed by atoms with van der Waals surface area (Å²) in [5.74, 6) is -0.131. The van der Waals surface area contributed by atoms with Crippen LogP contribution in [0.1, 0.15) is 28.3 Å². The van der Waals surface area contributed by atoms with Crippen LogP contribution in [0.2, 0.25) is 0 Å². The lowest BCUT2D eigenvalue weighted by molar-refractivity contribution is 0.0600. The van der Waals surface area contributed by atoms with Gasteiger partial charge in [-0.3, -0.25) is 9.78 Å².